The normalized spacial score (nSPS) is 14.6. The van der Waals surface area contributed by atoms with Crippen LogP contribution in [0.15, 0.2) is 71.6 Å². The number of aryl methyl sites for hydroxylation is 2. The average molecular weight is 492 g/mol. The van der Waals surface area contributed by atoms with E-state index in [1.165, 1.54) is 11.8 Å². The summed E-state index contributed by atoms with van der Waals surface area (Å²) in [5.41, 5.74) is 3.91. The van der Waals surface area contributed by atoms with Crippen molar-refractivity contribution in [2.24, 2.45) is 0 Å². The van der Waals surface area contributed by atoms with Crippen LogP contribution in [0.5, 0.6) is 17.2 Å². The highest BCUT2D eigenvalue weighted by atomic mass is 32.2. The summed E-state index contributed by atoms with van der Waals surface area (Å²) in [6.07, 6.45) is 1.82. The number of anilines is 1. The Kier molecular flexibility index (Phi) is 7.55. The molecule has 0 aliphatic carbocycles. The number of thiocarbonyl (C=S) groups is 1. The van der Waals surface area contributed by atoms with Crippen LogP contribution in [0.4, 0.5) is 5.69 Å². The molecule has 1 fully saturated rings. The number of thioether (sulfide) groups is 1. The number of rotatable bonds is 8. The summed E-state index contributed by atoms with van der Waals surface area (Å²) in [4.78, 5) is 15.1. The van der Waals surface area contributed by atoms with Crippen LogP contribution in [0.25, 0.3) is 6.08 Å². The van der Waals surface area contributed by atoms with Crippen molar-refractivity contribution in [2.75, 3.05) is 25.2 Å². The van der Waals surface area contributed by atoms with Gasteiger partial charge >= 0.3 is 0 Å². The van der Waals surface area contributed by atoms with E-state index in [0.717, 1.165) is 28.1 Å². The SMILES string of the molecule is COc1cc(/C=C2/SC(=S)N(c3ccccc3)C2=O)ccc1OCCOc1cc(C)cc(C)c1. The molecule has 1 heterocycles. The highest BCUT2D eigenvalue weighted by Crippen LogP contribution is 2.37. The van der Waals surface area contributed by atoms with E-state index in [1.54, 1.807) is 12.0 Å². The predicted molar refractivity (Wildman–Crippen MR) is 142 cm³/mol. The third-order valence-electron chi connectivity index (χ3n) is 5.10. The Morgan fingerprint density at radius 2 is 1.62 bits per heavy atom. The lowest BCUT2D eigenvalue weighted by molar-refractivity contribution is -0.113. The molecule has 3 aromatic rings. The van der Waals surface area contributed by atoms with Crippen molar-refractivity contribution in [3.63, 3.8) is 0 Å². The van der Waals surface area contributed by atoms with Crippen LogP contribution in [-0.2, 0) is 4.79 Å². The summed E-state index contributed by atoms with van der Waals surface area (Å²) in [6.45, 7) is 4.87. The summed E-state index contributed by atoms with van der Waals surface area (Å²) >= 11 is 6.73. The van der Waals surface area contributed by atoms with Crippen LogP contribution in [0.3, 0.4) is 0 Å². The summed E-state index contributed by atoms with van der Waals surface area (Å²) < 4.78 is 17.7. The van der Waals surface area contributed by atoms with Gasteiger partial charge in [0, 0.05) is 0 Å². The van der Waals surface area contributed by atoms with Gasteiger partial charge in [-0.25, -0.2) is 0 Å². The van der Waals surface area contributed by atoms with Crippen molar-refractivity contribution in [3.8, 4) is 17.2 Å². The van der Waals surface area contributed by atoms with E-state index in [2.05, 4.69) is 6.07 Å². The lowest BCUT2D eigenvalue weighted by Crippen LogP contribution is -2.27. The number of carbonyl (C=O) groups excluding carboxylic acids is 1. The lowest BCUT2D eigenvalue weighted by atomic mass is 10.1. The second-order valence-corrected chi connectivity index (χ2v) is 9.46. The highest BCUT2D eigenvalue weighted by Gasteiger charge is 2.33. The third kappa shape index (κ3) is 5.61. The minimum Gasteiger partial charge on any atom is -0.493 e. The number of amides is 1. The smallest absolute Gasteiger partial charge is 0.270 e. The molecule has 0 bridgehead atoms. The van der Waals surface area contributed by atoms with Crippen LogP contribution < -0.4 is 19.1 Å². The van der Waals surface area contributed by atoms with Gasteiger partial charge in [-0.05, 0) is 73.0 Å². The molecule has 0 saturated carbocycles. The van der Waals surface area contributed by atoms with Gasteiger partial charge in [-0.2, -0.15) is 0 Å². The molecule has 34 heavy (non-hydrogen) atoms. The van der Waals surface area contributed by atoms with Gasteiger partial charge in [-0.1, -0.05) is 54.3 Å². The first kappa shape index (κ1) is 23.9. The summed E-state index contributed by atoms with van der Waals surface area (Å²) in [5.74, 6) is 1.89. The first-order valence-corrected chi connectivity index (χ1v) is 12.0. The Hall–Kier alpha value is -3.29. The third-order valence-corrected chi connectivity index (χ3v) is 6.40. The quantitative estimate of drug-likeness (QED) is 0.213. The van der Waals surface area contributed by atoms with Gasteiger partial charge in [-0.15, -0.1) is 0 Å². The maximum atomic E-state index is 13.0. The number of carbonyl (C=O) groups is 1. The Labute approximate surface area is 209 Å². The standard InChI is InChI=1S/C27H25NO4S2/c1-18-13-19(2)15-22(14-18)31-11-12-32-23-10-9-20(16-24(23)30-3)17-25-26(29)28(27(33)34-25)21-7-5-4-6-8-21/h4-10,13-17H,11-12H2,1-3H3/b25-17+. The number of benzene rings is 3. The molecule has 1 aliphatic rings. The van der Waals surface area contributed by atoms with Crippen LogP contribution in [0, 0.1) is 13.8 Å². The number of methoxy groups -OCH3 is 1. The number of hydrogen-bond donors (Lipinski definition) is 0. The number of nitrogens with zero attached hydrogens (tertiary/aromatic N) is 1. The Morgan fingerprint density at radius 3 is 2.32 bits per heavy atom. The second-order valence-electron chi connectivity index (χ2n) is 7.78. The van der Waals surface area contributed by atoms with Gasteiger partial charge in [-0.3, -0.25) is 9.69 Å². The predicted octanol–water partition coefficient (Wildman–Crippen LogP) is 6.18. The summed E-state index contributed by atoms with van der Waals surface area (Å²) in [6, 6.07) is 21.1. The lowest BCUT2D eigenvalue weighted by Gasteiger charge is -2.14. The monoisotopic (exact) mass is 491 g/mol. The summed E-state index contributed by atoms with van der Waals surface area (Å²) in [5, 5.41) is 0. The van der Waals surface area contributed by atoms with Gasteiger partial charge in [0.2, 0.25) is 0 Å². The van der Waals surface area contributed by atoms with E-state index < -0.39 is 0 Å². The van der Waals surface area contributed by atoms with Gasteiger partial charge in [0.15, 0.2) is 15.8 Å². The molecule has 0 radical (unpaired) electrons. The molecule has 4 rings (SSSR count). The number of ether oxygens (including phenoxy) is 3. The first-order chi connectivity index (χ1) is 16.4. The average Bonchev–Trinajstić information content (AvgIpc) is 3.09. The van der Waals surface area contributed by atoms with E-state index in [1.807, 2.05) is 80.6 Å². The van der Waals surface area contributed by atoms with E-state index in [9.17, 15) is 4.79 Å². The molecule has 1 saturated heterocycles. The number of para-hydroxylation sites is 1. The van der Waals surface area contributed by atoms with Gasteiger partial charge in [0.1, 0.15) is 19.0 Å². The van der Waals surface area contributed by atoms with E-state index >= 15 is 0 Å². The van der Waals surface area contributed by atoms with Gasteiger partial charge in [0.05, 0.1) is 17.7 Å². The van der Waals surface area contributed by atoms with Crippen molar-refractivity contribution in [3.05, 3.63) is 88.3 Å². The van der Waals surface area contributed by atoms with E-state index in [0.29, 0.717) is 33.9 Å². The molecule has 0 spiro atoms. The van der Waals surface area contributed by atoms with Crippen molar-refractivity contribution >= 4 is 46.0 Å². The highest BCUT2D eigenvalue weighted by molar-refractivity contribution is 8.27. The summed E-state index contributed by atoms with van der Waals surface area (Å²) in [7, 11) is 1.59. The van der Waals surface area contributed by atoms with Crippen molar-refractivity contribution < 1.29 is 19.0 Å². The second kappa shape index (κ2) is 10.8. The van der Waals surface area contributed by atoms with E-state index in [-0.39, 0.29) is 5.91 Å². The van der Waals surface area contributed by atoms with Gasteiger partial charge in [0.25, 0.3) is 5.91 Å². The molecule has 0 unspecified atom stereocenters. The molecule has 0 atom stereocenters. The van der Waals surface area contributed by atoms with Crippen LogP contribution in [0.1, 0.15) is 16.7 Å². The Balaban J connectivity index is 1.41. The zero-order valence-electron chi connectivity index (χ0n) is 19.2. The van der Waals surface area contributed by atoms with Crippen LogP contribution in [0.2, 0.25) is 0 Å². The molecular formula is C27H25NO4S2. The largest absolute Gasteiger partial charge is 0.493 e. The molecule has 5 nitrogen and oxygen atoms in total. The zero-order chi connectivity index (χ0) is 24.1. The fourth-order valence-electron chi connectivity index (χ4n) is 3.64. The molecule has 1 amide bonds. The zero-order valence-corrected chi connectivity index (χ0v) is 20.9. The van der Waals surface area contributed by atoms with Crippen molar-refractivity contribution in [2.45, 2.75) is 13.8 Å². The fraction of sp³-hybridized carbons (Fsp3) is 0.185. The maximum Gasteiger partial charge on any atom is 0.270 e. The van der Waals surface area contributed by atoms with Crippen molar-refractivity contribution in [1.82, 2.24) is 0 Å². The maximum absolute atomic E-state index is 13.0. The minimum atomic E-state index is -0.135. The topological polar surface area (TPSA) is 48.0 Å². The van der Waals surface area contributed by atoms with Crippen LogP contribution >= 0.6 is 24.0 Å². The molecular weight excluding hydrogens is 466 g/mol. The van der Waals surface area contributed by atoms with E-state index in [4.69, 9.17) is 26.4 Å². The van der Waals surface area contributed by atoms with Gasteiger partial charge < -0.3 is 14.2 Å². The van der Waals surface area contributed by atoms with Crippen molar-refractivity contribution in [1.29, 1.82) is 0 Å². The molecule has 7 heteroatoms. The molecule has 174 valence electrons. The Bertz CT molecular complexity index is 1220. The fourth-order valence-corrected chi connectivity index (χ4v) is 4.94. The molecule has 0 aromatic heterocycles. The number of hydrogen-bond acceptors (Lipinski definition) is 6. The first-order valence-electron chi connectivity index (χ1n) is 10.8. The molecule has 0 N–H and O–H groups in total. The minimum absolute atomic E-state index is 0.135. The Morgan fingerprint density at radius 1 is 0.912 bits per heavy atom. The molecule has 1 aliphatic heterocycles. The molecule has 3 aromatic carbocycles. The van der Waals surface area contributed by atoms with Crippen LogP contribution in [-0.4, -0.2) is 30.6 Å².